The molecular formula is C22H24N2O5. The number of carbonyl (C=O) groups excluding carboxylic acids is 3. The highest BCUT2D eigenvalue weighted by atomic mass is 16.5. The predicted octanol–water partition coefficient (Wildman–Crippen LogP) is 3.43. The molecule has 2 aromatic carbocycles. The molecule has 1 N–H and O–H groups in total. The summed E-state index contributed by atoms with van der Waals surface area (Å²) in [7, 11) is 0. The number of hydrogen-bond acceptors (Lipinski definition) is 5. The summed E-state index contributed by atoms with van der Waals surface area (Å²) in [6, 6.07) is 12.2. The summed E-state index contributed by atoms with van der Waals surface area (Å²) < 4.78 is 11.1. The Kier molecular flexibility index (Phi) is 6.16. The maximum absolute atomic E-state index is 12.5. The predicted molar refractivity (Wildman–Crippen MR) is 110 cm³/mol. The van der Waals surface area contributed by atoms with Gasteiger partial charge >= 0.3 is 0 Å². The van der Waals surface area contributed by atoms with E-state index >= 15 is 0 Å². The minimum absolute atomic E-state index is 0.0222. The van der Waals surface area contributed by atoms with Gasteiger partial charge in [-0.25, -0.2) is 0 Å². The fourth-order valence-corrected chi connectivity index (χ4v) is 3.02. The van der Waals surface area contributed by atoms with Crippen LogP contribution in [0.4, 0.5) is 11.4 Å². The number of nitrogens with zero attached hydrogens (tertiary/aromatic N) is 1. The van der Waals surface area contributed by atoms with Crippen LogP contribution in [0.1, 0.15) is 37.6 Å². The molecule has 0 aromatic heterocycles. The maximum atomic E-state index is 12.5. The molecular weight excluding hydrogens is 372 g/mol. The van der Waals surface area contributed by atoms with Gasteiger partial charge in [0.05, 0.1) is 17.5 Å². The van der Waals surface area contributed by atoms with E-state index in [1.807, 2.05) is 26.0 Å². The molecule has 7 nitrogen and oxygen atoms in total. The van der Waals surface area contributed by atoms with Gasteiger partial charge in [-0.05, 0) is 51.1 Å². The Morgan fingerprint density at radius 1 is 1.21 bits per heavy atom. The van der Waals surface area contributed by atoms with Crippen molar-refractivity contribution in [1.82, 2.24) is 0 Å². The molecule has 29 heavy (non-hydrogen) atoms. The summed E-state index contributed by atoms with van der Waals surface area (Å²) in [5.41, 5.74) is 1.57. The molecule has 0 spiro atoms. The molecule has 1 heterocycles. The number of rotatable bonds is 7. The van der Waals surface area contributed by atoms with E-state index in [0.29, 0.717) is 28.4 Å². The fourth-order valence-electron chi connectivity index (χ4n) is 3.02. The van der Waals surface area contributed by atoms with Crippen molar-refractivity contribution in [1.29, 1.82) is 0 Å². The minimum Gasteiger partial charge on any atom is -0.489 e. The van der Waals surface area contributed by atoms with Crippen LogP contribution in [-0.4, -0.2) is 36.9 Å². The van der Waals surface area contributed by atoms with Crippen LogP contribution in [0, 0.1) is 0 Å². The fraction of sp³-hybridized carbons (Fsp3) is 0.318. The van der Waals surface area contributed by atoms with Gasteiger partial charge in [-0.1, -0.05) is 12.1 Å². The molecule has 1 aliphatic heterocycles. The smallest absolute Gasteiger partial charge is 0.265 e. The number of fused-ring (bicyclic) bond motifs is 1. The van der Waals surface area contributed by atoms with E-state index in [4.69, 9.17) is 9.47 Å². The summed E-state index contributed by atoms with van der Waals surface area (Å²) in [5, 5.41) is 2.84. The number of ketones is 1. The highest BCUT2D eigenvalue weighted by Gasteiger charge is 2.26. The van der Waals surface area contributed by atoms with Crippen molar-refractivity contribution in [3.8, 4) is 11.5 Å². The van der Waals surface area contributed by atoms with Crippen molar-refractivity contribution < 1.29 is 23.9 Å². The molecule has 0 saturated carbocycles. The zero-order valence-electron chi connectivity index (χ0n) is 16.7. The van der Waals surface area contributed by atoms with E-state index in [0.717, 1.165) is 0 Å². The van der Waals surface area contributed by atoms with E-state index in [9.17, 15) is 14.4 Å². The first kappa shape index (κ1) is 20.4. The van der Waals surface area contributed by atoms with Crippen LogP contribution in [0.15, 0.2) is 42.5 Å². The number of nitrogens with one attached hydrogen (secondary N) is 1. The minimum atomic E-state index is -0.255. The Morgan fingerprint density at radius 2 is 1.97 bits per heavy atom. The molecule has 7 heteroatoms. The first-order valence-electron chi connectivity index (χ1n) is 9.49. The number of carbonyl (C=O) groups is 3. The van der Waals surface area contributed by atoms with Crippen LogP contribution >= 0.6 is 0 Å². The highest BCUT2D eigenvalue weighted by molar-refractivity contribution is 6.02. The molecule has 0 unspecified atom stereocenters. The van der Waals surface area contributed by atoms with Gasteiger partial charge in [0.2, 0.25) is 5.91 Å². The first-order valence-corrected chi connectivity index (χ1v) is 9.49. The van der Waals surface area contributed by atoms with Crippen molar-refractivity contribution in [3.63, 3.8) is 0 Å². The number of amides is 2. The molecule has 2 amide bonds. The Morgan fingerprint density at radius 3 is 2.69 bits per heavy atom. The molecule has 152 valence electrons. The first-order chi connectivity index (χ1) is 13.8. The Balaban J connectivity index is 1.70. The van der Waals surface area contributed by atoms with Gasteiger partial charge in [-0.2, -0.15) is 0 Å². The van der Waals surface area contributed by atoms with Crippen molar-refractivity contribution in [3.05, 3.63) is 48.0 Å². The second-order valence-electron chi connectivity index (χ2n) is 7.03. The third-order valence-corrected chi connectivity index (χ3v) is 4.39. The van der Waals surface area contributed by atoms with E-state index in [1.165, 1.54) is 11.8 Å². The number of benzene rings is 2. The molecule has 0 aliphatic carbocycles. The van der Waals surface area contributed by atoms with Crippen molar-refractivity contribution in [2.24, 2.45) is 0 Å². The van der Waals surface area contributed by atoms with E-state index in [-0.39, 0.29) is 43.3 Å². The SMILES string of the molecule is CC(=O)c1ccc2c(c1)N(CCC(=O)Nc1ccccc1OC(C)C)C(=O)CO2. The van der Waals surface area contributed by atoms with Crippen molar-refractivity contribution in [2.45, 2.75) is 33.3 Å². The van der Waals surface area contributed by atoms with Gasteiger partial charge in [0, 0.05) is 18.5 Å². The molecule has 3 rings (SSSR count). The lowest BCUT2D eigenvalue weighted by Gasteiger charge is -2.29. The number of anilines is 2. The zero-order chi connectivity index (χ0) is 21.0. The number of ether oxygens (including phenoxy) is 2. The highest BCUT2D eigenvalue weighted by Crippen LogP contribution is 2.33. The molecule has 2 aromatic rings. The number of Topliss-reactive ketones (excluding diaryl/α,β-unsaturated/α-hetero) is 1. The lowest BCUT2D eigenvalue weighted by Crippen LogP contribution is -2.40. The molecule has 0 bridgehead atoms. The van der Waals surface area contributed by atoms with Crippen LogP contribution < -0.4 is 19.7 Å². The van der Waals surface area contributed by atoms with Gasteiger partial charge in [0.1, 0.15) is 11.5 Å². The number of hydrogen-bond donors (Lipinski definition) is 1. The molecule has 0 atom stereocenters. The third kappa shape index (κ3) is 4.93. The summed E-state index contributed by atoms with van der Waals surface area (Å²) in [6.07, 6.45) is 0.0666. The molecule has 1 aliphatic rings. The van der Waals surface area contributed by atoms with Gasteiger partial charge in [0.25, 0.3) is 5.91 Å². The lowest BCUT2D eigenvalue weighted by atomic mass is 10.1. The van der Waals surface area contributed by atoms with Gasteiger partial charge in [-0.3, -0.25) is 14.4 Å². The van der Waals surface area contributed by atoms with Gasteiger partial charge < -0.3 is 19.7 Å². The topological polar surface area (TPSA) is 84.9 Å². The maximum Gasteiger partial charge on any atom is 0.265 e. The van der Waals surface area contributed by atoms with Crippen LogP contribution in [0.2, 0.25) is 0 Å². The Hall–Kier alpha value is -3.35. The van der Waals surface area contributed by atoms with Crippen LogP contribution in [0.5, 0.6) is 11.5 Å². The molecule has 0 saturated heterocycles. The second kappa shape index (κ2) is 8.77. The average molecular weight is 396 g/mol. The van der Waals surface area contributed by atoms with Gasteiger partial charge in [0.15, 0.2) is 12.4 Å². The summed E-state index contributed by atoms with van der Waals surface area (Å²) in [6.45, 7) is 5.36. The monoisotopic (exact) mass is 396 g/mol. The summed E-state index contributed by atoms with van der Waals surface area (Å²) >= 11 is 0. The summed E-state index contributed by atoms with van der Waals surface area (Å²) in [4.78, 5) is 38.0. The van der Waals surface area contributed by atoms with Crippen molar-refractivity contribution >= 4 is 29.0 Å². The second-order valence-corrected chi connectivity index (χ2v) is 7.03. The summed E-state index contributed by atoms with van der Waals surface area (Å²) in [5.74, 6) is 0.508. The quantitative estimate of drug-likeness (QED) is 0.725. The lowest BCUT2D eigenvalue weighted by molar-refractivity contribution is -0.121. The van der Waals surface area contributed by atoms with E-state index in [1.54, 1.807) is 30.3 Å². The van der Waals surface area contributed by atoms with Crippen LogP contribution in [-0.2, 0) is 9.59 Å². The van der Waals surface area contributed by atoms with Gasteiger partial charge in [-0.15, -0.1) is 0 Å². The van der Waals surface area contributed by atoms with E-state index < -0.39 is 0 Å². The average Bonchev–Trinajstić information content (AvgIpc) is 2.68. The molecule has 0 radical (unpaired) electrons. The standard InChI is InChI=1S/C22H24N2O5/c1-14(2)29-19-7-5-4-6-17(19)23-21(26)10-11-24-18-12-16(15(3)25)8-9-20(18)28-13-22(24)27/h4-9,12,14H,10-11,13H2,1-3H3,(H,23,26). The largest absolute Gasteiger partial charge is 0.489 e. The van der Waals surface area contributed by atoms with Crippen LogP contribution in [0.3, 0.4) is 0 Å². The molecule has 0 fully saturated rings. The number of para-hydroxylation sites is 2. The third-order valence-electron chi connectivity index (χ3n) is 4.39. The van der Waals surface area contributed by atoms with Crippen molar-refractivity contribution in [2.75, 3.05) is 23.4 Å². The van der Waals surface area contributed by atoms with Crippen LogP contribution in [0.25, 0.3) is 0 Å². The normalized spacial score (nSPS) is 13.0. The zero-order valence-corrected chi connectivity index (χ0v) is 16.7. The Labute approximate surface area is 169 Å². The Bertz CT molecular complexity index is 939. The van der Waals surface area contributed by atoms with E-state index in [2.05, 4.69) is 5.32 Å².